The Bertz CT molecular complexity index is 569. The summed E-state index contributed by atoms with van der Waals surface area (Å²) in [7, 11) is 1.77. The van der Waals surface area contributed by atoms with Crippen LogP contribution < -0.4 is 10.6 Å². The highest BCUT2D eigenvalue weighted by atomic mass is 127. The van der Waals surface area contributed by atoms with Gasteiger partial charge in [0.2, 0.25) is 0 Å². The van der Waals surface area contributed by atoms with Crippen LogP contribution in [0, 0.1) is 6.92 Å². The normalized spacial score (nSPS) is 10.7. The van der Waals surface area contributed by atoms with Crippen LogP contribution in [0.2, 0.25) is 0 Å². The number of halogens is 1. The third-order valence-corrected chi connectivity index (χ3v) is 3.09. The second-order valence-electron chi connectivity index (χ2n) is 4.53. The maximum absolute atomic E-state index is 4.27. The lowest BCUT2D eigenvalue weighted by atomic mass is 10.1. The van der Waals surface area contributed by atoms with Gasteiger partial charge >= 0.3 is 0 Å². The highest BCUT2D eigenvalue weighted by molar-refractivity contribution is 14.0. The van der Waals surface area contributed by atoms with Gasteiger partial charge in [-0.05, 0) is 30.2 Å². The molecular weight excluding hydrogens is 375 g/mol. The van der Waals surface area contributed by atoms with Crippen LogP contribution in [0.25, 0.3) is 0 Å². The number of nitrogens with one attached hydrogen (secondary N) is 2. The Morgan fingerprint density at radius 1 is 1.05 bits per heavy atom. The molecule has 0 atom stereocenters. The van der Waals surface area contributed by atoms with Crippen molar-refractivity contribution < 1.29 is 0 Å². The molecule has 0 amide bonds. The standard InChI is InChI=1S/C16H20N4.HI/c1-13-7-3-4-8-14(13)11-19-16(17-2)20-12-15-9-5-6-10-18-15;/h3-10H,11-12H2,1-2H3,(H2,17,19,20);1H. The second kappa shape index (κ2) is 9.33. The van der Waals surface area contributed by atoms with Gasteiger partial charge < -0.3 is 10.6 Å². The Balaban J connectivity index is 0.00000220. The van der Waals surface area contributed by atoms with Crippen LogP contribution in [0.15, 0.2) is 53.7 Å². The van der Waals surface area contributed by atoms with E-state index in [9.17, 15) is 0 Å². The minimum atomic E-state index is 0. The Kier molecular flexibility index (Phi) is 7.74. The predicted molar refractivity (Wildman–Crippen MR) is 97.9 cm³/mol. The third-order valence-electron chi connectivity index (χ3n) is 3.09. The Hall–Kier alpha value is -1.63. The first-order valence-corrected chi connectivity index (χ1v) is 6.68. The van der Waals surface area contributed by atoms with Crippen molar-refractivity contribution >= 4 is 29.9 Å². The van der Waals surface area contributed by atoms with Crippen molar-refractivity contribution in [3.8, 4) is 0 Å². The van der Waals surface area contributed by atoms with Crippen molar-refractivity contribution in [1.29, 1.82) is 0 Å². The van der Waals surface area contributed by atoms with Gasteiger partial charge in [0.15, 0.2) is 5.96 Å². The predicted octanol–water partition coefficient (Wildman–Crippen LogP) is 2.87. The molecule has 0 spiro atoms. The molecule has 21 heavy (non-hydrogen) atoms. The SMILES string of the molecule is CN=C(NCc1ccccn1)NCc1ccccc1C.I. The first kappa shape index (κ1) is 17.4. The zero-order valence-corrected chi connectivity index (χ0v) is 14.7. The number of aromatic nitrogens is 1. The van der Waals surface area contributed by atoms with E-state index in [2.05, 4.69) is 39.7 Å². The molecule has 0 bridgehead atoms. The van der Waals surface area contributed by atoms with E-state index in [4.69, 9.17) is 0 Å². The van der Waals surface area contributed by atoms with Crippen LogP contribution in [-0.2, 0) is 13.1 Å². The van der Waals surface area contributed by atoms with E-state index >= 15 is 0 Å². The van der Waals surface area contributed by atoms with E-state index < -0.39 is 0 Å². The molecule has 1 heterocycles. The monoisotopic (exact) mass is 396 g/mol. The molecule has 0 aliphatic carbocycles. The van der Waals surface area contributed by atoms with Crippen molar-refractivity contribution in [2.24, 2.45) is 4.99 Å². The first-order chi connectivity index (χ1) is 9.79. The average molecular weight is 396 g/mol. The molecule has 0 aliphatic heterocycles. The van der Waals surface area contributed by atoms with Crippen LogP contribution >= 0.6 is 24.0 Å². The molecule has 0 unspecified atom stereocenters. The summed E-state index contributed by atoms with van der Waals surface area (Å²) in [6, 6.07) is 14.2. The Labute approximate surface area is 143 Å². The number of nitrogens with zero attached hydrogens (tertiary/aromatic N) is 2. The number of aryl methyl sites for hydroxylation is 1. The van der Waals surface area contributed by atoms with E-state index in [1.165, 1.54) is 11.1 Å². The number of rotatable bonds is 4. The fourth-order valence-corrected chi connectivity index (χ4v) is 1.88. The third kappa shape index (κ3) is 5.71. The molecule has 1 aromatic heterocycles. The zero-order chi connectivity index (χ0) is 14.2. The minimum Gasteiger partial charge on any atom is -0.352 e. The molecule has 0 radical (unpaired) electrons. The Morgan fingerprint density at radius 3 is 2.43 bits per heavy atom. The second-order valence-corrected chi connectivity index (χ2v) is 4.53. The van der Waals surface area contributed by atoms with Crippen LogP contribution in [0.4, 0.5) is 0 Å². The topological polar surface area (TPSA) is 49.3 Å². The molecule has 2 rings (SSSR count). The summed E-state index contributed by atoms with van der Waals surface area (Å²) in [5, 5.41) is 6.56. The number of hydrogen-bond acceptors (Lipinski definition) is 2. The van der Waals surface area contributed by atoms with Gasteiger partial charge in [-0.2, -0.15) is 0 Å². The molecule has 112 valence electrons. The van der Waals surface area contributed by atoms with Gasteiger partial charge in [0.25, 0.3) is 0 Å². The quantitative estimate of drug-likeness (QED) is 0.475. The maximum atomic E-state index is 4.27. The Morgan fingerprint density at radius 2 is 1.76 bits per heavy atom. The van der Waals surface area contributed by atoms with Crippen LogP contribution in [-0.4, -0.2) is 18.0 Å². The van der Waals surface area contributed by atoms with Crippen molar-refractivity contribution in [2.75, 3.05) is 7.05 Å². The van der Waals surface area contributed by atoms with E-state index in [1.807, 2.05) is 30.3 Å². The van der Waals surface area contributed by atoms with E-state index in [1.54, 1.807) is 13.2 Å². The molecular formula is C16H21IN4. The first-order valence-electron chi connectivity index (χ1n) is 6.68. The van der Waals surface area contributed by atoms with Crippen molar-refractivity contribution in [1.82, 2.24) is 15.6 Å². The van der Waals surface area contributed by atoms with E-state index in [0.29, 0.717) is 6.54 Å². The zero-order valence-electron chi connectivity index (χ0n) is 12.3. The average Bonchev–Trinajstić information content (AvgIpc) is 2.50. The molecule has 0 saturated carbocycles. The fraction of sp³-hybridized carbons (Fsp3) is 0.250. The van der Waals surface area contributed by atoms with E-state index in [-0.39, 0.29) is 24.0 Å². The summed E-state index contributed by atoms with van der Waals surface area (Å²) in [5.74, 6) is 0.777. The molecule has 2 N–H and O–H groups in total. The highest BCUT2D eigenvalue weighted by Crippen LogP contribution is 2.05. The number of hydrogen-bond donors (Lipinski definition) is 2. The van der Waals surface area contributed by atoms with Crippen LogP contribution in [0.1, 0.15) is 16.8 Å². The lowest BCUT2D eigenvalue weighted by Gasteiger charge is -2.12. The van der Waals surface area contributed by atoms with Crippen molar-refractivity contribution in [3.05, 3.63) is 65.5 Å². The van der Waals surface area contributed by atoms with Crippen molar-refractivity contribution in [2.45, 2.75) is 20.0 Å². The summed E-state index contributed by atoms with van der Waals surface area (Å²) in [4.78, 5) is 8.49. The lowest BCUT2D eigenvalue weighted by Crippen LogP contribution is -2.36. The number of aliphatic imine (C=N–C) groups is 1. The summed E-state index contributed by atoms with van der Waals surface area (Å²) < 4.78 is 0. The van der Waals surface area contributed by atoms with Crippen LogP contribution in [0.5, 0.6) is 0 Å². The molecule has 1 aromatic carbocycles. The van der Waals surface area contributed by atoms with Gasteiger partial charge in [-0.1, -0.05) is 30.3 Å². The van der Waals surface area contributed by atoms with Gasteiger partial charge in [-0.3, -0.25) is 9.98 Å². The molecule has 0 aliphatic rings. The molecule has 2 aromatic rings. The number of benzene rings is 1. The number of pyridine rings is 1. The summed E-state index contributed by atoms with van der Waals surface area (Å²) in [6.45, 7) is 3.53. The molecule has 0 fully saturated rings. The van der Waals surface area contributed by atoms with Gasteiger partial charge in [0.1, 0.15) is 0 Å². The highest BCUT2D eigenvalue weighted by Gasteiger charge is 2.00. The smallest absolute Gasteiger partial charge is 0.191 e. The maximum Gasteiger partial charge on any atom is 0.191 e. The van der Waals surface area contributed by atoms with Gasteiger partial charge in [0, 0.05) is 19.8 Å². The van der Waals surface area contributed by atoms with Gasteiger partial charge in [-0.15, -0.1) is 24.0 Å². The summed E-state index contributed by atoms with van der Waals surface area (Å²) >= 11 is 0. The largest absolute Gasteiger partial charge is 0.352 e. The molecule has 0 saturated heterocycles. The molecule has 5 heteroatoms. The van der Waals surface area contributed by atoms with E-state index in [0.717, 1.165) is 18.2 Å². The lowest BCUT2D eigenvalue weighted by molar-refractivity contribution is 0.792. The van der Waals surface area contributed by atoms with Gasteiger partial charge in [-0.25, -0.2) is 0 Å². The summed E-state index contributed by atoms with van der Waals surface area (Å²) in [6.07, 6.45) is 1.79. The minimum absolute atomic E-state index is 0. The summed E-state index contributed by atoms with van der Waals surface area (Å²) in [5.41, 5.74) is 3.54. The fourth-order valence-electron chi connectivity index (χ4n) is 1.88. The van der Waals surface area contributed by atoms with Gasteiger partial charge in [0.05, 0.1) is 12.2 Å². The molecule has 4 nitrogen and oxygen atoms in total. The number of guanidine groups is 1. The van der Waals surface area contributed by atoms with Crippen molar-refractivity contribution in [3.63, 3.8) is 0 Å². The van der Waals surface area contributed by atoms with Crippen LogP contribution in [0.3, 0.4) is 0 Å².